The molecule has 1 unspecified atom stereocenters. The number of nitrogens with zero attached hydrogens (tertiary/aromatic N) is 2. The molecule has 0 spiro atoms. The van der Waals surface area contributed by atoms with E-state index in [0.717, 1.165) is 36.6 Å². The van der Waals surface area contributed by atoms with E-state index in [2.05, 4.69) is 20.5 Å². The minimum Gasteiger partial charge on any atom is -0.493 e. The SMILES string of the molecule is O=C(Nc1cccnc1N1CCOCC1)NC1CCOc2ccccc21. The highest BCUT2D eigenvalue weighted by Crippen LogP contribution is 2.31. The van der Waals surface area contributed by atoms with E-state index in [4.69, 9.17) is 9.47 Å². The van der Waals surface area contributed by atoms with Crippen molar-refractivity contribution in [3.8, 4) is 5.75 Å². The Morgan fingerprint density at radius 1 is 1.12 bits per heavy atom. The van der Waals surface area contributed by atoms with Crippen LogP contribution in [0.25, 0.3) is 0 Å². The molecule has 1 saturated heterocycles. The van der Waals surface area contributed by atoms with Gasteiger partial charge in [-0.2, -0.15) is 0 Å². The van der Waals surface area contributed by atoms with Crippen molar-refractivity contribution in [3.05, 3.63) is 48.2 Å². The number of rotatable bonds is 3. The predicted molar refractivity (Wildman–Crippen MR) is 98.7 cm³/mol. The number of aromatic nitrogens is 1. The Morgan fingerprint density at radius 3 is 2.85 bits per heavy atom. The smallest absolute Gasteiger partial charge is 0.319 e. The van der Waals surface area contributed by atoms with Crippen molar-refractivity contribution < 1.29 is 14.3 Å². The second-order valence-electron chi connectivity index (χ2n) is 6.30. The maximum atomic E-state index is 12.6. The summed E-state index contributed by atoms with van der Waals surface area (Å²) in [7, 11) is 0. The molecule has 4 rings (SSSR count). The van der Waals surface area contributed by atoms with E-state index in [0.29, 0.717) is 25.5 Å². The van der Waals surface area contributed by atoms with Crippen LogP contribution in [0.15, 0.2) is 42.6 Å². The predicted octanol–water partition coefficient (Wildman–Crippen LogP) is 2.56. The molecule has 1 atom stereocenters. The van der Waals surface area contributed by atoms with Gasteiger partial charge in [0.25, 0.3) is 0 Å². The molecule has 2 N–H and O–H groups in total. The largest absolute Gasteiger partial charge is 0.493 e. The fraction of sp³-hybridized carbons (Fsp3) is 0.368. The van der Waals surface area contributed by atoms with Crippen LogP contribution in [0.2, 0.25) is 0 Å². The van der Waals surface area contributed by atoms with Gasteiger partial charge in [-0.3, -0.25) is 0 Å². The molecule has 0 radical (unpaired) electrons. The lowest BCUT2D eigenvalue weighted by Crippen LogP contribution is -2.38. The van der Waals surface area contributed by atoms with E-state index < -0.39 is 0 Å². The molecule has 1 fully saturated rings. The summed E-state index contributed by atoms with van der Waals surface area (Å²) in [5.41, 5.74) is 1.71. The zero-order valence-corrected chi connectivity index (χ0v) is 14.5. The van der Waals surface area contributed by atoms with E-state index in [9.17, 15) is 4.79 Å². The first-order chi connectivity index (χ1) is 12.8. The van der Waals surface area contributed by atoms with Crippen molar-refractivity contribution >= 4 is 17.5 Å². The number of hydrogen-bond donors (Lipinski definition) is 2. The minimum atomic E-state index is -0.241. The monoisotopic (exact) mass is 354 g/mol. The zero-order valence-electron chi connectivity index (χ0n) is 14.5. The highest BCUT2D eigenvalue weighted by atomic mass is 16.5. The standard InChI is InChI=1S/C19H22N4O3/c24-19(21-15-7-11-26-17-6-2-1-4-14(15)17)22-16-5-3-8-20-18(16)23-9-12-25-13-10-23/h1-6,8,15H,7,9-13H2,(H2,21,22,24). The molecule has 2 aromatic rings. The Labute approximate surface area is 152 Å². The number of amides is 2. The summed E-state index contributed by atoms with van der Waals surface area (Å²) in [5, 5.41) is 6.00. The van der Waals surface area contributed by atoms with Crippen LogP contribution in [0.1, 0.15) is 18.0 Å². The maximum Gasteiger partial charge on any atom is 0.319 e. The number of hydrogen-bond acceptors (Lipinski definition) is 5. The second kappa shape index (κ2) is 7.61. The molecule has 2 aliphatic rings. The van der Waals surface area contributed by atoms with Gasteiger partial charge in [-0.1, -0.05) is 18.2 Å². The van der Waals surface area contributed by atoms with Gasteiger partial charge in [0, 0.05) is 31.3 Å². The van der Waals surface area contributed by atoms with Gasteiger partial charge < -0.3 is 25.0 Å². The normalized spacial score (nSPS) is 19.2. The summed E-state index contributed by atoms with van der Waals surface area (Å²) < 4.78 is 11.0. The molecule has 2 aliphatic heterocycles. The fourth-order valence-corrected chi connectivity index (χ4v) is 3.33. The van der Waals surface area contributed by atoms with Gasteiger partial charge in [-0.15, -0.1) is 0 Å². The van der Waals surface area contributed by atoms with Gasteiger partial charge in [-0.05, 0) is 18.2 Å². The molecular formula is C19H22N4O3. The van der Waals surface area contributed by atoms with E-state index in [-0.39, 0.29) is 12.1 Å². The van der Waals surface area contributed by atoms with Crippen molar-refractivity contribution in [1.29, 1.82) is 0 Å². The number of nitrogens with one attached hydrogen (secondary N) is 2. The highest BCUT2D eigenvalue weighted by Gasteiger charge is 2.23. The molecule has 3 heterocycles. The van der Waals surface area contributed by atoms with Gasteiger partial charge in [0.05, 0.1) is 31.5 Å². The van der Waals surface area contributed by atoms with Crippen LogP contribution in [0.5, 0.6) is 5.75 Å². The molecule has 136 valence electrons. The van der Waals surface area contributed by atoms with Crippen LogP contribution in [0.3, 0.4) is 0 Å². The molecule has 7 heteroatoms. The van der Waals surface area contributed by atoms with Crippen molar-refractivity contribution in [2.75, 3.05) is 43.1 Å². The summed E-state index contributed by atoms with van der Waals surface area (Å²) in [6, 6.07) is 11.2. The van der Waals surface area contributed by atoms with Gasteiger partial charge >= 0.3 is 6.03 Å². The molecule has 0 aliphatic carbocycles. The lowest BCUT2D eigenvalue weighted by atomic mass is 10.0. The van der Waals surface area contributed by atoms with Crippen molar-refractivity contribution in [2.45, 2.75) is 12.5 Å². The molecule has 1 aromatic heterocycles. The number of ether oxygens (including phenoxy) is 2. The summed E-state index contributed by atoms with van der Waals surface area (Å²) in [6.45, 7) is 3.46. The first-order valence-corrected chi connectivity index (χ1v) is 8.88. The second-order valence-corrected chi connectivity index (χ2v) is 6.30. The van der Waals surface area contributed by atoms with Gasteiger partial charge in [0.15, 0.2) is 5.82 Å². The van der Waals surface area contributed by atoms with Crippen LogP contribution in [0, 0.1) is 0 Å². The molecule has 2 amide bonds. The molecule has 26 heavy (non-hydrogen) atoms. The average Bonchev–Trinajstić information content (AvgIpc) is 2.69. The molecular weight excluding hydrogens is 332 g/mol. The first-order valence-electron chi connectivity index (χ1n) is 8.88. The van der Waals surface area contributed by atoms with E-state index >= 15 is 0 Å². The van der Waals surface area contributed by atoms with Crippen LogP contribution in [-0.2, 0) is 4.74 Å². The third kappa shape index (κ3) is 3.57. The van der Waals surface area contributed by atoms with Crippen LogP contribution < -0.4 is 20.3 Å². The first kappa shape index (κ1) is 16.7. The number of urea groups is 1. The quantitative estimate of drug-likeness (QED) is 0.886. The zero-order chi connectivity index (χ0) is 17.8. The van der Waals surface area contributed by atoms with Gasteiger partial charge in [-0.25, -0.2) is 9.78 Å². The summed E-state index contributed by atoms with van der Waals surface area (Å²) in [5.74, 6) is 1.61. The Morgan fingerprint density at radius 2 is 1.96 bits per heavy atom. The molecule has 0 bridgehead atoms. The lowest BCUT2D eigenvalue weighted by Gasteiger charge is -2.30. The number of pyridine rings is 1. The summed E-state index contributed by atoms with van der Waals surface area (Å²) in [6.07, 6.45) is 2.48. The summed E-state index contributed by atoms with van der Waals surface area (Å²) in [4.78, 5) is 19.2. The number of benzene rings is 1. The molecule has 1 aromatic carbocycles. The Kier molecular flexibility index (Phi) is 4.88. The number of anilines is 2. The topological polar surface area (TPSA) is 75.7 Å². The number of para-hydroxylation sites is 1. The van der Waals surface area contributed by atoms with Crippen molar-refractivity contribution in [3.63, 3.8) is 0 Å². The van der Waals surface area contributed by atoms with Crippen LogP contribution in [0.4, 0.5) is 16.3 Å². The van der Waals surface area contributed by atoms with E-state index in [1.807, 2.05) is 36.4 Å². The molecule has 7 nitrogen and oxygen atoms in total. The van der Waals surface area contributed by atoms with E-state index in [1.54, 1.807) is 6.20 Å². The average molecular weight is 354 g/mol. The number of morpholine rings is 1. The number of fused-ring (bicyclic) bond motifs is 1. The Balaban J connectivity index is 1.46. The van der Waals surface area contributed by atoms with Gasteiger partial charge in [0.2, 0.25) is 0 Å². The van der Waals surface area contributed by atoms with Crippen molar-refractivity contribution in [2.24, 2.45) is 0 Å². The van der Waals surface area contributed by atoms with Crippen LogP contribution >= 0.6 is 0 Å². The van der Waals surface area contributed by atoms with Crippen molar-refractivity contribution in [1.82, 2.24) is 10.3 Å². The van der Waals surface area contributed by atoms with Gasteiger partial charge in [0.1, 0.15) is 5.75 Å². The fourth-order valence-electron chi connectivity index (χ4n) is 3.33. The molecule has 0 saturated carbocycles. The Hall–Kier alpha value is -2.80. The lowest BCUT2D eigenvalue weighted by molar-refractivity contribution is 0.122. The maximum absolute atomic E-state index is 12.6. The van der Waals surface area contributed by atoms with Crippen LogP contribution in [-0.4, -0.2) is 43.9 Å². The minimum absolute atomic E-state index is 0.0662. The third-order valence-electron chi connectivity index (χ3n) is 4.61. The Bertz CT molecular complexity index is 777. The number of carbonyl (C=O) groups excluding carboxylic acids is 1. The van der Waals surface area contributed by atoms with E-state index in [1.165, 1.54) is 0 Å². The highest BCUT2D eigenvalue weighted by molar-refractivity contribution is 5.92. The third-order valence-corrected chi connectivity index (χ3v) is 4.61. The number of carbonyl (C=O) groups is 1. The summed E-state index contributed by atoms with van der Waals surface area (Å²) >= 11 is 0.